The third kappa shape index (κ3) is 6.58. The Kier molecular flexibility index (Phi) is 8.12. The minimum Gasteiger partial charge on any atom is -0.469 e. The van der Waals surface area contributed by atoms with E-state index in [2.05, 4.69) is 4.90 Å². The first-order valence-electron chi connectivity index (χ1n) is 7.75. The van der Waals surface area contributed by atoms with Crippen molar-refractivity contribution >= 4 is 11.9 Å². The first-order valence-corrected chi connectivity index (χ1v) is 7.75. The van der Waals surface area contributed by atoms with Crippen LogP contribution in [-0.2, 0) is 19.1 Å². The highest BCUT2D eigenvalue weighted by Crippen LogP contribution is 2.06. The Bertz CT molecular complexity index is 399. The lowest BCUT2D eigenvalue weighted by molar-refractivity contribution is -0.146. The van der Waals surface area contributed by atoms with Crippen molar-refractivity contribution in [1.82, 2.24) is 9.80 Å². The summed E-state index contributed by atoms with van der Waals surface area (Å²) in [5.74, 6) is -0.672. The highest BCUT2D eigenvalue weighted by atomic mass is 16.5. The summed E-state index contributed by atoms with van der Waals surface area (Å²) in [7, 11) is 1.37. The van der Waals surface area contributed by atoms with E-state index in [0.29, 0.717) is 13.1 Å². The standard InChI is InChI=1S/C16H28N2O4/c1-13(2)11-15(19)18(12-14(3)16(20)21-4)6-5-17-7-9-22-10-8-17/h11,14H,5-10,12H2,1-4H3. The van der Waals surface area contributed by atoms with Crippen molar-refractivity contribution in [1.29, 1.82) is 0 Å². The first kappa shape index (κ1) is 18.6. The molecule has 1 saturated heterocycles. The van der Waals surface area contributed by atoms with Gasteiger partial charge in [0.1, 0.15) is 0 Å². The zero-order valence-corrected chi connectivity index (χ0v) is 14.1. The summed E-state index contributed by atoms with van der Waals surface area (Å²) >= 11 is 0. The number of hydrogen-bond donors (Lipinski definition) is 0. The quantitative estimate of drug-likeness (QED) is 0.517. The maximum Gasteiger partial charge on any atom is 0.310 e. The van der Waals surface area contributed by atoms with Gasteiger partial charge in [-0.25, -0.2) is 0 Å². The molecule has 0 aromatic carbocycles. The van der Waals surface area contributed by atoms with Crippen LogP contribution in [0.25, 0.3) is 0 Å². The third-order valence-corrected chi connectivity index (χ3v) is 3.61. The fourth-order valence-corrected chi connectivity index (χ4v) is 2.32. The molecule has 6 nitrogen and oxygen atoms in total. The van der Waals surface area contributed by atoms with Crippen molar-refractivity contribution < 1.29 is 19.1 Å². The molecule has 0 saturated carbocycles. The van der Waals surface area contributed by atoms with E-state index in [4.69, 9.17) is 9.47 Å². The van der Waals surface area contributed by atoms with E-state index in [0.717, 1.165) is 38.4 Å². The van der Waals surface area contributed by atoms with Gasteiger partial charge >= 0.3 is 5.97 Å². The van der Waals surface area contributed by atoms with Crippen molar-refractivity contribution in [2.24, 2.45) is 5.92 Å². The monoisotopic (exact) mass is 312 g/mol. The number of esters is 1. The van der Waals surface area contributed by atoms with E-state index in [-0.39, 0.29) is 17.8 Å². The van der Waals surface area contributed by atoms with E-state index >= 15 is 0 Å². The highest BCUT2D eigenvalue weighted by Gasteiger charge is 2.21. The van der Waals surface area contributed by atoms with Gasteiger partial charge in [-0.2, -0.15) is 0 Å². The normalized spacial score (nSPS) is 16.7. The predicted molar refractivity (Wildman–Crippen MR) is 84.5 cm³/mol. The van der Waals surface area contributed by atoms with Gasteiger partial charge in [-0.3, -0.25) is 14.5 Å². The zero-order chi connectivity index (χ0) is 16.5. The van der Waals surface area contributed by atoms with Crippen LogP contribution in [-0.4, -0.2) is 74.7 Å². The number of carbonyl (C=O) groups is 2. The van der Waals surface area contributed by atoms with Crippen LogP contribution in [0.4, 0.5) is 0 Å². The van der Waals surface area contributed by atoms with Crippen molar-refractivity contribution in [3.05, 3.63) is 11.6 Å². The number of rotatable bonds is 7. The Morgan fingerprint density at radius 3 is 2.50 bits per heavy atom. The van der Waals surface area contributed by atoms with Crippen LogP contribution in [0.1, 0.15) is 20.8 Å². The Morgan fingerprint density at radius 1 is 1.32 bits per heavy atom. The van der Waals surface area contributed by atoms with Crippen LogP contribution in [0, 0.1) is 5.92 Å². The number of morpholine rings is 1. The maximum absolute atomic E-state index is 12.3. The second-order valence-corrected chi connectivity index (χ2v) is 5.88. The molecule has 0 radical (unpaired) electrons. The van der Waals surface area contributed by atoms with Crippen LogP contribution < -0.4 is 0 Å². The van der Waals surface area contributed by atoms with Gasteiger partial charge in [0.05, 0.1) is 26.2 Å². The minimum absolute atomic E-state index is 0.0518. The fourth-order valence-electron chi connectivity index (χ4n) is 2.32. The molecule has 126 valence electrons. The third-order valence-electron chi connectivity index (χ3n) is 3.61. The van der Waals surface area contributed by atoms with Crippen LogP contribution >= 0.6 is 0 Å². The van der Waals surface area contributed by atoms with Gasteiger partial charge in [-0.05, 0) is 13.8 Å². The molecule has 0 aliphatic carbocycles. The number of hydrogen-bond acceptors (Lipinski definition) is 5. The number of allylic oxidation sites excluding steroid dienone is 1. The van der Waals surface area contributed by atoms with Gasteiger partial charge in [0.2, 0.25) is 5.91 Å². The van der Waals surface area contributed by atoms with Crippen LogP contribution in [0.5, 0.6) is 0 Å². The molecule has 0 aromatic heterocycles. The van der Waals surface area contributed by atoms with Crippen LogP contribution in [0.15, 0.2) is 11.6 Å². The molecule has 0 aromatic rings. The van der Waals surface area contributed by atoms with E-state index in [1.165, 1.54) is 7.11 Å². The Labute approximate surface area is 133 Å². The molecule has 1 fully saturated rings. The predicted octanol–water partition coefficient (Wildman–Crippen LogP) is 0.923. The SMILES string of the molecule is COC(=O)C(C)CN(CCN1CCOCC1)C(=O)C=C(C)C. The average molecular weight is 312 g/mol. The average Bonchev–Trinajstić information content (AvgIpc) is 2.50. The molecule has 1 aliphatic rings. The van der Waals surface area contributed by atoms with E-state index in [9.17, 15) is 9.59 Å². The van der Waals surface area contributed by atoms with Crippen molar-refractivity contribution in [3.63, 3.8) is 0 Å². The topological polar surface area (TPSA) is 59.1 Å². The fraction of sp³-hybridized carbons (Fsp3) is 0.750. The second kappa shape index (κ2) is 9.58. The van der Waals surface area contributed by atoms with Crippen molar-refractivity contribution in [2.45, 2.75) is 20.8 Å². The number of amides is 1. The molecule has 1 aliphatic heterocycles. The van der Waals surface area contributed by atoms with Gasteiger partial charge in [-0.15, -0.1) is 0 Å². The summed E-state index contributed by atoms with van der Waals surface area (Å²) < 4.78 is 10.1. The first-order chi connectivity index (χ1) is 10.4. The molecule has 0 spiro atoms. The van der Waals surface area contributed by atoms with Crippen molar-refractivity contribution in [3.8, 4) is 0 Å². The van der Waals surface area contributed by atoms with Gasteiger partial charge in [0.25, 0.3) is 0 Å². The molecule has 1 heterocycles. The molecule has 0 N–H and O–H groups in total. The van der Waals surface area contributed by atoms with Crippen LogP contribution in [0.3, 0.4) is 0 Å². The Morgan fingerprint density at radius 2 is 1.95 bits per heavy atom. The molecule has 22 heavy (non-hydrogen) atoms. The number of nitrogens with zero attached hydrogens (tertiary/aromatic N) is 2. The van der Waals surface area contributed by atoms with E-state index in [1.54, 1.807) is 17.9 Å². The van der Waals surface area contributed by atoms with Gasteiger partial charge in [0.15, 0.2) is 0 Å². The number of carbonyl (C=O) groups excluding carboxylic acids is 2. The summed E-state index contributed by atoms with van der Waals surface area (Å²) in [5.41, 5.74) is 0.951. The summed E-state index contributed by atoms with van der Waals surface area (Å²) in [4.78, 5) is 27.9. The molecule has 6 heteroatoms. The van der Waals surface area contributed by atoms with E-state index < -0.39 is 0 Å². The molecule has 1 amide bonds. The number of methoxy groups -OCH3 is 1. The number of ether oxygens (including phenoxy) is 2. The lowest BCUT2D eigenvalue weighted by Crippen LogP contribution is -2.44. The van der Waals surface area contributed by atoms with Crippen LogP contribution in [0.2, 0.25) is 0 Å². The molecule has 0 bridgehead atoms. The zero-order valence-electron chi connectivity index (χ0n) is 14.1. The summed E-state index contributed by atoms with van der Waals surface area (Å²) in [5, 5.41) is 0. The van der Waals surface area contributed by atoms with E-state index in [1.807, 2.05) is 13.8 Å². The summed E-state index contributed by atoms with van der Waals surface area (Å²) in [6.45, 7) is 10.6. The molecular formula is C16H28N2O4. The lowest BCUT2D eigenvalue weighted by atomic mass is 10.1. The van der Waals surface area contributed by atoms with Gasteiger partial charge in [0, 0.05) is 38.8 Å². The maximum atomic E-state index is 12.3. The highest BCUT2D eigenvalue weighted by molar-refractivity contribution is 5.88. The lowest BCUT2D eigenvalue weighted by Gasteiger charge is -2.30. The minimum atomic E-state index is -0.329. The van der Waals surface area contributed by atoms with Gasteiger partial charge in [-0.1, -0.05) is 12.5 Å². The Balaban J connectivity index is 2.62. The smallest absolute Gasteiger partial charge is 0.310 e. The molecular weight excluding hydrogens is 284 g/mol. The second-order valence-electron chi connectivity index (χ2n) is 5.88. The molecule has 1 rings (SSSR count). The largest absolute Gasteiger partial charge is 0.469 e. The summed E-state index contributed by atoms with van der Waals surface area (Å²) in [6, 6.07) is 0. The van der Waals surface area contributed by atoms with Gasteiger partial charge < -0.3 is 14.4 Å². The Hall–Kier alpha value is -1.40. The molecule has 1 atom stereocenters. The van der Waals surface area contributed by atoms with Crippen molar-refractivity contribution in [2.75, 3.05) is 53.0 Å². The summed E-state index contributed by atoms with van der Waals surface area (Å²) in [6.07, 6.45) is 1.61. The molecule has 1 unspecified atom stereocenters.